The Kier molecular flexibility index (Phi) is 5.09. The molecular formula is C16H19FN2O. The van der Waals surface area contributed by atoms with E-state index in [1.807, 2.05) is 37.3 Å². The Morgan fingerprint density at radius 2 is 2.00 bits per heavy atom. The first-order valence-electron chi connectivity index (χ1n) is 6.67. The van der Waals surface area contributed by atoms with Crippen molar-refractivity contribution in [2.75, 3.05) is 6.61 Å². The minimum absolute atomic E-state index is 0.125. The SMILES string of the molecule is CCOc1ccccc1C(Cc1cccc(F)c1)NN. The van der Waals surface area contributed by atoms with Gasteiger partial charge in [-0.2, -0.15) is 0 Å². The Balaban J connectivity index is 2.24. The molecule has 0 aliphatic rings. The topological polar surface area (TPSA) is 47.3 Å². The molecule has 0 heterocycles. The summed E-state index contributed by atoms with van der Waals surface area (Å²) in [6.07, 6.45) is 0.596. The Morgan fingerprint density at radius 1 is 1.20 bits per heavy atom. The molecule has 2 rings (SSSR count). The van der Waals surface area contributed by atoms with Gasteiger partial charge in [-0.1, -0.05) is 30.3 Å². The van der Waals surface area contributed by atoms with Crippen LogP contribution in [-0.4, -0.2) is 6.61 Å². The lowest BCUT2D eigenvalue weighted by molar-refractivity contribution is 0.331. The fraction of sp³-hybridized carbons (Fsp3) is 0.250. The standard InChI is InChI=1S/C16H19FN2O/c1-2-20-16-9-4-3-8-14(16)15(19-18)11-12-6-5-7-13(17)10-12/h3-10,15,19H,2,11,18H2,1H3. The first-order valence-corrected chi connectivity index (χ1v) is 6.67. The van der Waals surface area contributed by atoms with E-state index in [2.05, 4.69) is 5.43 Å². The first kappa shape index (κ1) is 14.5. The third-order valence-electron chi connectivity index (χ3n) is 3.12. The maximum absolute atomic E-state index is 13.2. The zero-order valence-electron chi connectivity index (χ0n) is 11.5. The number of nitrogens with one attached hydrogen (secondary N) is 1. The van der Waals surface area contributed by atoms with E-state index < -0.39 is 0 Å². The number of ether oxygens (including phenoxy) is 1. The smallest absolute Gasteiger partial charge is 0.124 e. The fourth-order valence-corrected chi connectivity index (χ4v) is 2.21. The molecule has 2 aromatic rings. The summed E-state index contributed by atoms with van der Waals surface area (Å²) in [6.45, 7) is 2.53. The molecular weight excluding hydrogens is 255 g/mol. The van der Waals surface area contributed by atoms with Crippen LogP contribution >= 0.6 is 0 Å². The summed E-state index contributed by atoms with van der Waals surface area (Å²) in [7, 11) is 0. The van der Waals surface area contributed by atoms with Gasteiger partial charge < -0.3 is 4.74 Å². The van der Waals surface area contributed by atoms with Crippen molar-refractivity contribution in [3.05, 3.63) is 65.5 Å². The molecule has 0 bridgehead atoms. The van der Waals surface area contributed by atoms with E-state index in [1.165, 1.54) is 12.1 Å². The molecule has 4 heteroatoms. The van der Waals surface area contributed by atoms with Gasteiger partial charge in [0.2, 0.25) is 0 Å². The van der Waals surface area contributed by atoms with Crippen LogP contribution in [0.2, 0.25) is 0 Å². The number of halogens is 1. The Morgan fingerprint density at radius 3 is 2.70 bits per heavy atom. The summed E-state index contributed by atoms with van der Waals surface area (Å²) in [5, 5.41) is 0. The average molecular weight is 274 g/mol. The van der Waals surface area contributed by atoms with Gasteiger partial charge in [0, 0.05) is 5.56 Å². The Labute approximate surface area is 118 Å². The number of hydrazine groups is 1. The first-order chi connectivity index (χ1) is 9.74. The molecule has 0 aliphatic heterocycles. The van der Waals surface area contributed by atoms with Crippen molar-refractivity contribution in [1.29, 1.82) is 0 Å². The lowest BCUT2D eigenvalue weighted by Gasteiger charge is -2.19. The van der Waals surface area contributed by atoms with Gasteiger partial charge in [0.1, 0.15) is 11.6 Å². The van der Waals surface area contributed by atoms with E-state index in [1.54, 1.807) is 6.07 Å². The highest BCUT2D eigenvalue weighted by Gasteiger charge is 2.15. The normalized spacial score (nSPS) is 12.2. The van der Waals surface area contributed by atoms with Crippen molar-refractivity contribution in [1.82, 2.24) is 5.43 Å². The highest BCUT2D eigenvalue weighted by molar-refractivity contribution is 5.37. The van der Waals surface area contributed by atoms with Gasteiger partial charge in [0.25, 0.3) is 0 Å². The van der Waals surface area contributed by atoms with Gasteiger partial charge >= 0.3 is 0 Å². The Hall–Kier alpha value is -1.91. The summed E-state index contributed by atoms with van der Waals surface area (Å²) >= 11 is 0. The maximum Gasteiger partial charge on any atom is 0.124 e. The lowest BCUT2D eigenvalue weighted by Crippen LogP contribution is -2.30. The summed E-state index contributed by atoms with van der Waals surface area (Å²) in [6, 6.07) is 14.2. The maximum atomic E-state index is 13.2. The van der Waals surface area contributed by atoms with Gasteiger partial charge in [-0.25, -0.2) is 4.39 Å². The third-order valence-corrected chi connectivity index (χ3v) is 3.12. The molecule has 0 spiro atoms. The summed E-state index contributed by atoms with van der Waals surface area (Å²) in [5.74, 6) is 6.22. The molecule has 3 N–H and O–H groups in total. The van der Waals surface area contributed by atoms with Crippen molar-refractivity contribution in [3.8, 4) is 5.75 Å². The molecule has 3 nitrogen and oxygen atoms in total. The van der Waals surface area contributed by atoms with Crippen LogP contribution in [0.4, 0.5) is 4.39 Å². The zero-order valence-corrected chi connectivity index (χ0v) is 11.5. The van der Waals surface area contributed by atoms with E-state index in [-0.39, 0.29) is 11.9 Å². The van der Waals surface area contributed by atoms with Gasteiger partial charge in [-0.15, -0.1) is 0 Å². The van der Waals surface area contributed by atoms with Gasteiger partial charge in [0.05, 0.1) is 12.6 Å². The minimum atomic E-state index is -0.239. The summed E-state index contributed by atoms with van der Waals surface area (Å²) < 4.78 is 18.9. The van der Waals surface area contributed by atoms with Crippen LogP contribution in [0.3, 0.4) is 0 Å². The van der Waals surface area contributed by atoms with Crippen LogP contribution in [0.1, 0.15) is 24.1 Å². The lowest BCUT2D eigenvalue weighted by atomic mass is 9.98. The quantitative estimate of drug-likeness (QED) is 0.629. The molecule has 0 saturated carbocycles. The molecule has 20 heavy (non-hydrogen) atoms. The second-order valence-electron chi connectivity index (χ2n) is 4.52. The van der Waals surface area contributed by atoms with Crippen molar-refractivity contribution >= 4 is 0 Å². The minimum Gasteiger partial charge on any atom is -0.494 e. The molecule has 0 saturated heterocycles. The van der Waals surface area contributed by atoms with Gasteiger partial charge in [-0.05, 0) is 37.1 Å². The number of para-hydroxylation sites is 1. The third kappa shape index (κ3) is 3.56. The molecule has 0 radical (unpaired) electrons. The number of hydrogen-bond donors (Lipinski definition) is 2. The van der Waals surface area contributed by atoms with Crippen LogP contribution in [0, 0.1) is 5.82 Å². The van der Waals surface area contributed by atoms with Crippen LogP contribution in [0.25, 0.3) is 0 Å². The van der Waals surface area contributed by atoms with E-state index in [4.69, 9.17) is 10.6 Å². The van der Waals surface area contributed by atoms with Crippen molar-refractivity contribution in [2.24, 2.45) is 5.84 Å². The zero-order chi connectivity index (χ0) is 14.4. The van der Waals surface area contributed by atoms with E-state index >= 15 is 0 Å². The van der Waals surface area contributed by atoms with Crippen LogP contribution in [-0.2, 0) is 6.42 Å². The average Bonchev–Trinajstić information content (AvgIpc) is 2.46. The molecule has 0 aromatic heterocycles. The molecule has 0 aliphatic carbocycles. The molecule has 0 fully saturated rings. The van der Waals surface area contributed by atoms with Crippen LogP contribution < -0.4 is 16.0 Å². The second kappa shape index (κ2) is 7.03. The van der Waals surface area contributed by atoms with E-state index in [0.29, 0.717) is 13.0 Å². The number of benzene rings is 2. The summed E-state index contributed by atoms with van der Waals surface area (Å²) in [5.41, 5.74) is 4.64. The van der Waals surface area contributed by atoms with Crippen molar-refractivity contribution < 1.29 is 9.13 Å². The van der Waals surface area contributed by atoms with Crippen LogP contribution in [0.5, 0.6) is 5.75 Å². The molecule has 1 atom stereocenters. The van der Waals surface area contributed by atoms with Crippen molar-refractivity contribution in [2.45, 2.75) is 19.4 Å². The molecule has 1 unspecified atom stereocenters. The largest absolute Gasteiger partial charge is 0.494 e. The van der Waals surface area contributed by atoms with E-state index in [0.717, 1.165) is 16.9 Å². The fourth-order valence-electron chi connectivity index (χ4n) is 2.21. The second-order valence-corrected chi connectivity index (χ2v) is 4.52. The highest BCUT2D eigenvalue weighted by atomic mass is 19.1. The van der Waals surface area contributed by atoms with E-state index in [9.17, 15) is 4.39 Å². The molecule has 0 amide bonds. The van der Waals surface area contributed by atoms with Crippen LogP contribution in [0.15, 0.2) is 48.5 Å². The highest BCUT2D eigenvalue weighted by Crippen LogP contribution is 2.27. The van der Waals surface area contributed by atoms with Gasteiger partial charge in [-0.3, -0.25) is 11.3 Å². The predicted molar refractivity (Wildman–Crippen MR) is 77.8 cm³/mol. The summed E-state index contributed by atoms with van der Waals surface area (Å²) in [4.78, 5) is 0. The predicted octanol–water partition coefficient (Wildman–Crippen LogP) is 2.97. The van der Waals surface area contributed by atoms with Crippen molar-refractivity contribution in [3.63, 3.8) is 0 Å². The van der Waals surface area contributed by atoms with Gasteiger partial charge in [0.15, 0.2) is 0 Å². The molecule has 2 aromatic carbocycles. The molecule has 106 valence electrons. The number of hydrogen-bond acceptors (Lipinski definition) is 3. The number of nitrogens with two attached hydrogens (primary N) is 1. The Bertz CT molecular complexity index is 560. The number of rotatable bonds is 6. The monoisotopic (exact) mass is 274 g/mol.